The average molecular weight is 317 g/mol. The van der Waals surface area contributed by atoms with Gasteiger partial charge in [-0.05, 0) is 30.4 Å². The second-order valence-corrected chi connectivity index (χ2v) is 6.47. The minimum absolute atomic E-state index is 0.577. The van der Waals surface area contributed by atoms with Crippen molar-refractivity contribution in [1.29, 1.82) is 0 Å². The number of pyridine rings is 1. The summed E-state index contributed by atoms with van der Waals surface area (Å²) >= 11 is 0. The Balaban J connectivity index is 1.54. The van der Waals surface area contributed by atoms with Crippen LogP contribution in [0.3, 0.4) is 0 Å². The Morgan fingerprint density at radius 3 is 2.65 bits per heavy atom. The summed E-state index contributed by atoms with van der Waals surface area (Å²) in [6.07, 6.45) is 4.43. The van der Waals surface area contributed by atoms with Gasteiger partial charge in [0, 0.05) is 32.4 Å². The monoisotopic (exact) mass is 317 g/mol. The Hall–Kier alpha value is -1.82. The van der Waals surface area contributed by atoms with Gasteiger partial charge in [-0.15, -0.1) is 0 Å². The van der Waals surface area contributed by atoms with Crippen molar-refractivity contribution in [1.82, 2.24) is 9.88 Å². The summed E-state index contributed by atoms with van der Waals surface area (Å²) < 4.78 is 5.32. The third-order valence-corrected chi connectivity index (χ3v) is 4.68. The van der Waals surface area contributed by atoms with E-state index in [1.54, 1.807) is 0 Å². The van der Waals surface area contributed by atoms with E-state index in [1.165, 1.54) is 12.8 Å². The highest BCUT2D eigenvalue weighted by atomic mass is 16.5. The van der Waals surface area contributed by atoms with Crippen molar-refractivity contribution in [3.63, 3.8) is 0 Å². The molecule has 1 aromatic heterocycles. The molecule has 0 amide bonds. The molecule has 3 rings (SSSR count). The normalized spacial score (nSPS) is 20.8. The van der Waals surface area contributed by atoms with Crippen LogP contribution in [-0.4, -0.2) is 55.2 Å². The number of aliphatic imine (C=N–C) groups is 1. The molecule has 0 bridgehead atoms. The van der Waals surface area contributed by atoms with E-state index in [9.17, 15) is 0 Å². The van der Waals surface area contributed by atoms with Gasteiger partial charge in [0.2, 0.25) is 0 Å². The summed E-state index contributed by atoms with van der Waals surface area (Å²) in [7, 11) is 0. The molecule has 1 aromatic rings. The van der Waals surface area contributed by atoms with Crippen LogP contribution in [0.4, 0.5) is 5.82 Å². The predicted octanol–water partition coefficient (Wildman–Crippen LogP) is 1.46. The standard InChI is InChI=1S/C17H27N5O/c1-14-4-6-21(7-5-14)16-3-2-15(12-19-16)13-20-17(18)22-8-10-23-11-9-22/h2-3,12,14H,4-11,13H2,1H3,(H2,18,20). The molecule has 2 aliphatic rings. The number of ether oxygens (including phenoxy) is 1. The summed E-state index contributed by atoms with van der Waals surface area (Å²) in [6, 6.07) is 4.21. The fraction of sp³-hybridized carbons (Fsp3) is 0.647. The number of anilines is 1. The minimum Gasteiger partial charge on any atom is -0.378 e. The Kier molecular flexibility index (Phi) is 5.33. The zero-order valence-corrected chi connectivity index (χ0v) is 13.9. The van der Waals surface area contributed by atoms with Gasteiger partial charge in [-0.25, -0.2) is 9.98 Å². The maximum atomic E-state index is 6.05. The zero-order chi connectivity index (χ0) is 16.1. The van der Waals surface area contributed by atoms with E-state index in [2.05, 4.69) is 38.8 Å². The van der Waals surface area contributed by atoms with Gasteiger partial charge in [0.1, 0.15) is 5.82 Å². The van der Waals surface area contributed by atoms with Crippen molar-refractivity contribution in [2.45, 2.75) is 26.3 Å². The van der Waals surface area contributed by atoms with Crippen LogP contribution in [0.1, 0.15) is 25.3 Å². The first-order valence-electron chi connectivity index (χ1n) is 8.55. The Morgan fingerprint density at radius 1 is 1.26 bits per heavy atom. The highest BCUT2D eigenvalue weighted by Gasteiger charge is 2.16. The molecular weight excluding hydrogens is 290 g/mol. The molecule has 2 fully saturated rings. The lowest BCUT2D eigenvalue weighted by Crippen LogP contribution is -2.44. The number of morpholine rings is 1. The topological polar surface area (TPSA) is 67.0 Å². The molecule has 6 heteroatoms. The maximum absolute atomic E-state index is 6.05. The van der Waals surface area contributed by atoms with Crippen LogP contribution < -0.4 is 10.6 Å². The first-order chi connectivity index (χ1) is 11.2. The molecule has 0 unspecified atom stereocenters. The summed E-state index contributed by atoms with van der Waals surface area (Å²) in [5, 5.41) is 0. The van der Waals surface area contributed by atoms with Crippen LogP contribution in [0.2, 0.25) is 0 Å². The first kappa shape index (κ1) is 16.1. The SMILES string of the molecule is CC1CCN(c2ccc(CN=C(N)N3CCOCC3)cn2)CC1. The van der Waals surface area contributed by atoms with Crippen molar-refractivity contribution >= 4 is 11.8 Å². The van der Waals surface area contributed by atoms with Gasteiger partial charge in [0.05, 0.1) is 19.8 Å². The molecule has 0 radical (unpaired) electrons. The smallest absolute Gasteiger partial charge is 0.191 e. The fourth-order valence-corrected chi connectivity index (χ4v) is 3.00. The number of guanidine groups is 1. The van der Waals surface area contributed by atoms with Crippen LogP contribution in [0, 0.1) is 5.92 Å². The summed E-state index contributed by atoms with van der Waals surface area (Å²) in [5.74, 6) is 2.51. The van der Waals surface area contributed by atoms with Crippen LogP contribution >= 0.6 is 0 Å². The van der Waals surface area contributed by atoms with Gasteiger partial charge in [-0.2, -0.15) is 0 Å². The predicted molar refractivity (Wildman–Crippen MR) is 92.6 cm³/mol. The lowest BCUT2D eigenvalue weighted by molar-refractivity contribution is 0.0674. The summed E-state index contributed by atoms with van der Waals surface area (Å²) in [4.78, 5) is 13.5. The largest absolute Gasteiger partial charge is 0.378 e. The van der Waals surface area contributed by atoms with Gasteiger partial charge in [0.15, 0.2) is 5.96 Å². The van der Waals surface area contributed by atoms with Gasteiger partial charge in [0.25, 0.3) is 0 Å². The molecule has 0 spiro atoms. The molecule has 3 heterocycles. The van der Waals surface area contributed by atoms with Crippen molar-refractivity contribution in [2.24, 2.45) is 16.6 Å². The molecular formula is C17H27N5O. The van der Waals surface area contributed by atoms with E-state index in [0.29, 0.717) is 12.5 Å². The van der Waals surface area contributed by atoms with Crippen LogP contribution in [0.25, 0.3) is 0 Å². The second kappa shape index (κ2) is 7.64. The molecule has 23 heavy (non-hydrogen) atoms. The van der Waals surface area contributed by atoms with Gasteiger partial charge in [-0.1, -0.05) is 13.0 Å². The third-order valence-electron chi connectivity index (χ3n) is 4.68. The van der Waals surface area contributed by atoms with E-state index >= 15 is 0 Å². The van der Waals surface area contributed by atoms with E-state index in [-0.39, 0.29) is 0 Å². The molecule has 0 aromatic carbocycles. The first-order valence-corrected chi connectivity index (χ1v) is 8.55. The number of nitrogens with two attached hydrogens (primary N) is 1. The Bertz CT molecular complexity index is 516. The van der Waals surface area contributed by atoms with E-state index < -0.39 is 0 Å². The Labute approximate surface area is 138 Å². The van der Waals surface area contributed by atoms with E-state index in [4.69, 9.17) is 10.5 Å². The molecule has 2 saturated heterocycles. The zero-order valence-electron chi connectivity index (χ0n) is 13.9. The van der Waals surface area contributed by atoms with Crippen molar-refractivity contribution in [3.05, 3.63) is 23.9 Å². The second-order valence-electron chi connectivity index (χ2n) is 6.47. The number of aromatic nitrogens is 1. The van der Waals surface area contributed by atoms with Crippen molar-refractivity contribution < 1.29 is 4.74 Å². The molecule has 0 atom stereocenters. The molecule has 0 aliphatic carbocycles. The lowest BCUT2D eigenvalue weighted by Gasteiger charge is -2.31. The van der Waals surface area contributed by atoms with E-state index in [0.717, 1.165) is 56.7 Å². The van der Waals surface area contributed by atoms with Crippen molar-refractivity contribution in [2.75, 3.05) is 44.3 Å². The molecule has 2 aliphatic heterocycles. The number of nitrogens with zero attached hydrogens (tertiary/aromatic N) is 4. The number of piperidine rings is 1. The van der Waals surface area contributed by atoms with Gasteiger partial charge in [-0.3, -0.25) is 0 Å². The molecule has 126 valence electrons. The summed E-state index contributed by atoms with van der Waals surface area (Å²) in [5.41, 5.74) is 7.14. The van der Waals surface area contributed by atoms with Crippen LogP contribution in [0.5, 0.6) is 0 Å². The average Bonchev–Trinajstić information content (AvgIpc) is 2.61. The van der Waals surface area contributed by atoms with Gasteiger partial charge < -0.3 is 20.3 Å². The molecule has 2 N–H and O–H groups in total. The maximum Gasteiger partial charge on any atom is 0.191 e. The quantitative estimate of drug-likeness (QED) is 0.675. The number of rotatable bonds is 3. The highest BCUT2D eigenvalue weighted by molar-refractivity contribution is 5.78. The third kappa shape index (κ3) is 4.34. The van der Waals surface area contributed by atoms with Crippen LogP contribution in [-0.2, 0) is 11.3 Å². The number of hydrogen-bond acceptors (Lipinski definition) is 4. The molecule has 6 nitrogen and oxygen atoms in total. The van der Waals surface area contributed by atoms with Crippen molar-refractivity contribution in [3.8, 4) is 0 Å². The highest BCUT2D eigenvalue weighted by Crippen LogP contribution is 2.21. The van der Waals surface area contributed by atoms with E-state index in [1.807, 2.05) is 6.20 Å². The van der Waals surface area contributed by atoms with Crippen LogP contribution in [0.15, 0.2) is 23.3 Å². The lowest BCUT2D eigenvalue weighted by atomic mass is 9.99. The number of hydrogen-bond donors (Lipinski definition) is 1. The fourth-order valence-electron chi connectivity index (χ4n) is 3.00. The summed E-state index contributed by atoms with van der Waals surface area (Å²) in [6.45, 7) is 8.20. The Morgan fingerprint density at radius 2 is 2.00 bits per heavy atom. The van der Waals surface area contributed by atoms with Gasteiger partial charge >= 0.3 is 0 Å². The molecule has 0 saturated carbocycles. The minimum atomic E-state index is 0.577.